The van der Waals surface area contributed by atoms with Gasteiger partial charge in [-0.3, -0.25) is 9.59 Å². The second-order valence-corrected chi connectivity index (χ2v) is 9.96. The van der Waals surface area contributed by atoms with Crippen molar-refractivity contribution in [2.75, 3.05) is 25.6 Å². The number of nitrogens with one attached hydrogen (secondary N) is 1. The summed E-state index contributed by atoms with van der Waals surface area (Å²) in [7, 11) is 0. The lowest BCUT2D eigenvalue weighted by molar-refractivity contribution is -0.141. The summed E-state index contributed by atoms with van der Waals surface area (Å²) in [5.74, 6) is 1.24. The number of amides is 2. The molecule has 4 rings (SSSR count). The third kappa shape index (κ3) is 7.31. The third-order valence-corrected chi connectivity index (χ3v) is 7.11. The topological polar surface area (TPSA) is 77.1 Å². The van der Waals surface area contributed by atoms with Crippen LogP contribution in [0.3, 0.4) is 0 Å². The summed E-state index contributed by atoms with van der Waals surface area (Å²) in [5, 5.41) is 3.21. The molecular weight excluding hydrogens is 492 g/mol. The van der Waals surface area contributed by atoms with Gasteiger partial charge in [-0.15, -0.1) is 11.6 Å². The smallest absolute Gasteiger partial charge is 0.247 e. The first-order valence-corrected chi connectivity index (χ1v) is 13.9. The average Bonchev–Trinajstić information content (AvgIpc) is 2.93. The number of carbonyl (C=O) groups is 2. The number of ether oxygens (including phenoxy) is 3. The Morgan fingerprint density at radius 2 is 1.81 bits per heavy atom. The first-order valence-electron chi connectivity index (χ1n) is 13.4. The van der Waals surface area contributed by atoms with Crippen LogP contribution in [0.5, 0.6) is 17.2 Å². The summed E-state index contributed by atoms with van der Waals surface area (Å²) >= 11 is 6.05. The van der Waals surface area contributed by atoms with E-state index in [0.717, 1.165) is 44.3 Å². The van der Waals surface area contributed by atoms with Crippen molar-refractivity contribution in [1.82, 2.24) is 10.2 Å². The van der Waals surface area contributed by atoms with E-state index in [0.29, 0.717) is 23.7 Å². The van der Waals surface area contributed by atoms with Crippen molar-refractivity contribution in [3.05, 3.63) is 54.1 Å². The van der Waals surface area contributed by atoms with Gasteiger partial charge >= 0.3 is 0 Å². The number of rotatable bonds is 11. The van der Waals surface area contributed by atoms with Crippen LogP contribution >= 0.6 is 11.6 Å². The van der Waals surface area contributed by atoms with Gasteiger partial charge in [-0.25, -0.2) is 0 Å². The largest absolute Gasteiger partial charge is 0.494 e. The average molecular weight is 529 g/mol. The van der Waals surface area contributed by atoms with Gasteiger partial charge in [-0.2, -0.15) is 0 Å². The van der Waals surface area contributed by atoms with E-state index in [9.17, 15) is 9.59 Å². The number of benzene rings is 2. The van der Waals surface area contributed by atoms with Gasteiger partial charge in [0.2, 0.25) is 11.8 Å². The first kappa shape index (κ1) is 27.1. The van der Waals surface area contributed by atoms with Crippen LogP contribution in [0.15, 0.2) is 48.5 Å². The van der Waals surface area contributed by atoms with E-state index in [4.69, 9.17) is 25.8 Å². The van der Waals surface area contributed by atoms with E-state index < -0.39 is 12.1 Å². The predicted molar refractivity (Wildman–Crippen MR) is 143 cm³/mol. The van der Waals surface area contributed by atoms with Crippen molar-refractivity contribution in [1.29, 1.82) is 0 Å². The lowest BCUT2D eigenvalue weighted by Gasteiger charge is -2.36. The standard InChI is InChI=1S/C29H37ClN2O5/c1-2-3-17-35-23-15-13-21(14-16-23)28(29(34)31-22-9-5-4-6-10-22)32(27(33)18-30)19-24-20-36-25-11-7-8-12-26(25)37-24/h7-8,11-16,22,24,28H,2-6,9-10,17-20H2,1H3,(H,31,34)/t24-,28+/m0/s1. The number of fused-ring (bicyclic) bond motifs is 1. The van der Waals surface area contributed by atoms with E-state index in [-0.39, 0.29) is 36.9 Å². The molecule has 0 aromatic heterocycles. The summed E-state index contributed by atoms with van der Waals surface area (Å²) < 4.78 is 17.8. The van der Waals surface area contributed by atoms with Gasteiger partial charge in [0.25, 0.3) is 0 Å². The molecule has 1 heterocycles. The molecule has 0 spiro atoms. The molecule has 0 unspecified atom stereocenters. The summed E-state index contributed by atoms with van der Waals surface area (Å²) in [6.45, 7) is 3.19. The molecule has 200 valence electrons. The van der Waals surface area contributed by atoms with Crippen LogP contribution < -0.4 is 19.5 Å². The van der Waals surface area contributed by atoms with E-state index >= 15 is 0 Å². The van der Waals surface area contributed by atoms with E-state index in [1.165, 1.54) is 11.3 Å². The molecule has 37 heavy (non-hydrogen) atoms. The van der Waals surface area contributed by atoms with Gasteiger partial charge < -0.3 is 24.4 Å². The Morgan fingerprint density at radius 1 is 1.08 bits per heavy atom. The molecular formula is C29H37ClN2O5. The summed E-state index contributed by atoms with van der Waals surface area (Å²) in [6, 6.07) is 14.1. The zero-order valence-corrected chi connectivity index (χ0v) is 22.3. The normalized spacial score (nSPS) is 18.1. The molecule has 2 aliphatic rings. The van der Waals surface area contributed by atoms with Gasteiger partial charge in [0, 0.05) is 6.04 Å². The molecule has 0 saturated heterocycles. The van der Waals surface area contributed by atoms with Gasteiger partial charge in [-0.05, 0) is 49.1 Å². The Morgan fingerprint density at radius 3 is 2.51 bits per heavy atom. The van der Waals surface area contributed by atoms with E-state index in [2.05, 4.69) is 12.2 Å². The fraction of sp³-hybridized carbons (Fsp3) is 0.517. The van der Waals surface area contributed by atoms with Gasteiger partial charge in [0.05, 0.1) is 13.2 Å². The molecule has 2 aromatic carbocycles. The number of halogens is 1. The molecule has 1 aliphatic heterocycles. The second kappa shape index (κ2) is 13.6. The molecule has 2 amide bonds. The second-order valence-electron chi connectivity index (χ2n) is 9.69. The highest BCUT2D eigenvalue weighted by molar-refractivity contribution is 6.27. The van der Waals surface area contributed by atoms with Crippen LogP contribution in [0, 0.1) is 0 Å². The molecule has 7 nitrogen and oxygen atoms in total. The first-order chi connectivity index (χ1) is 18.1. The van der Waals surface area contributed by atoms with E-state index in [1.54, 1.807) is 0 Å². The number of nitrogens with zero attached hydrogens (tertiary/aromatic N) is 1. The molecule has 1 aliphatic carbocycles. The molecule has 0 bridgehead atoms. The van der Waals surface area contributed by atoms with Gasteiger partial charge in [0.1, 0.15) is 24.3 Å². The van der Waals surface area contributed by atoms with Crippen LogP contribution in [-0.2, 0) is 9.59 Å². The SMILES string of the molecule is CCCCOc1ccc([C@H](C(=O)NC2CCCCC2)N(C[C@H]2COc3ccccc3O2)C(=O)CCl)cc1. The molecule has 2 atom stereocenters. The maximum absolute atomic E-state index is 13.8. The Kier molecular flexibility index (Phi) is 9.94. The number of hydrogen-bond acceptors (Lipinski definition) is 5. The minimum atomic E-state index is -0.848. The Labute approximate surface area is 224 Å². The fourth-order valence-corrected chi connectivity index (χ4v) is 5.03. The van der Waals surface area contributed by atoms with Crippen molar-refractivity contribution < 1.29 is 23.8 Å². The summed E-state index contributed by atoms with van der Waals surface area (Å²) in [6.07, 6.45) is 6.85. The van der Waals surface area contributed by atoms with Crippen LogP contribution in [0.1, 0.15) is 63.5 Å². The van der Waals surface area contributed by atoms with Crippen molar-refractivity contribution in [2.24, 2.45) is 0 Å². The highest BCUT2D eigenvalue weighted by Crippen LogP contribution is 2.32. The minimum Gasteiger partial charge on any atom is -0.494 e. The van der Waals surface area contributed by atoms with Crippen LogP contribution in [0.25, 0.3) is 0 Å². The Balaban J connectivity index is 1.58. The highest BCUT2D eigenvalue weighted by atomic mass is 35.5. The maximum Gasteiger partial charge on any atom is 0.247 e. The number of unbranched alkanes of at least 4 members (excludes halogenated alkanes) is 1. The maximum atomic E-state index is 13.8. The Hall–Kier alpha value is -2.93. The van der Waals surface area contributed by atoms with E-state index in [1.807, 2.05) is 48.5 Å². The van der Waals surface area contributed by atoms with Crippen LogP contribution in [-0.4, -0.2) is 54.5 Å². The van der Waals surface area contributed by atoms with Crippen molar-refractivity contribution in [2.45, 2.75) is 70.1 Å². The number of hydrogen-bond donors (Lipinski definition) is 1. The Bertz CT molecular complexity index is 1030. The van der Waals surface area contributed by atoms with Crippen molar-refractivity contribution in [3.8, 4) is 17.2 Å². The third-order valence-electron chi connectivity index (χ3n) is 6.88. The quantitative estimate of drug-likeness (QED) is 0.318. The molecule has 1 saturated carbocycles. The monoisotopic (exact) mass is 528 g/mol. The lowest BCUT2D eigenvalue weighted by Crippen LogP contribution is -2.51. The zero-order valence-electron chi connectivity index (χ0n) is 21.5. The molecule has 1 N–H and O–H groups in total. The number of carbonyl (C=O) groups excluding carboxylic acids is 2. The highest BCUT2D eigenvalue weighted by Gasteiger charge is 2.35. The zero-order chi connectivity index (χ0) is 26.0. The van der Waals surface area contributed by atoms with Gasteiger partial charge in [-0.1, -0.05) is 56.9 Å². The van der Waals surface area contributed by atoms with Crippen LogP contribution in [0.2, 0.25) is 0 Å². The number of alkyl halides is 1. The molecule has 1 fully saturated rings. The van der Waals surface area contributed by atoms with Crippen molar-refractivity contribution in [3.63, 3.8) is 0 Å². The predicted octanol–water partition coefficient (Wildman–Crippen LogP) is 5.26. The molecule has 0 radical (unpaired) electrons. The van der Waals surface area contributed by atoms with Crippen LogP contribution in [0.4, 0.5) is 0 Å². The minimum absolute atomic E-state index is 0.106. The fourth-order valence-electron chi connectivity index (χ4n) is 4.88. The molecule has 8 heteroatoms. The lowest BCUT2D eigenvalue weighted by atomic mass is 9.94. The van der Waals surface area contributed by atoms with Crippen molar-refractivity contribution >= 4 is 23.4 Å². The number of para-hydroxylation sites is 2. The summed E-state index contributed by atoms with van der Waals surface area (Å²) in [5.41, 5.74) is 0.701. The molecule has 2 aromatic rings. The van der Waals surface area contributed by atoms with Gasteiger partial charge in [0.15, 0.2) is 17.6 Å². The summed E-state index contributed by atoms with van der Waals surface area (Å²) in [4.78, 5) is 28.5.